The van der Waals surface area contributed by atoms with Crippen molar-refractivity contribution < 1.29 is 0 Å². The van der Waals surface area contributed by atoms with Crippen LogP contribution in [-0.2, 0) is 13.5 Å². The quantitative estimate of drug-likeness (QED) is 0.915. The average molecular weight is 299 g/mol. The number of hydrogen-bond donors (Lipinski definition) is 2. The summed E-state index contributed by atoms with van der Waals surface area (Å²) >= 11 is 0. The van der Waals surface area contributed by atoms with Gasteiger partial charge in [0.2, 0.25) is 0 Å². The highest BCUT2D eigenvalue weighted by molar-refractivity contribution is 5.78. The molecule has 118 valence electrons. The number of H-pyrrole nitrogens is 1. The van der Waals surface area contributed by atoms with Crippen LogP contribution >= 0.6 is 0 Å². The van der Waals surface area contributed by atoms with Gasteiger partial charge in [0.15, 0.2) is 0 Å². The van der Waals surface area contributed by atoms with Gasteiger partial charge in [-0.2, -0.15) is 0 Å². The molecule has 1 spiro atoms. The number of para-hydroxylation sites is 1. The standard InChI is InChI=1S/C18H25N3O/c1-21-16-14(3-2-4-15(16)20-17(21)22)6-5-13-11-18(12-13)7-9-19-10-8-18/h2-4,13,19H,5-12H2,1H3,(H,20,22). The van der Waals surface area contributed by atoms with Crippen molar-refractivity contribution in [1.82, 2.24) is 14.9 Å². The fraction of sp³-hybridized carbons (Fsp3) is 0.611. The number of rotatable bonds is 3. The topological polar surface area (TPSA) is 49.8 Å². The number of aromatic amines is 1. The van der Waals surface area contributed by atoms with E-state index in [1.54, 1.807) is 4.57 Å². The Labute approximate surface area is 130 Å². The molecule has 22 heavy (non-hydrogen) atoms. The van der Waals surface area contributed by atoms with Crippen LogP contribution in [0, 0.1) is 11.3 Å². The molecule has 0 unspecified atom stereocenters. The maximum Gasteiger partial charge on any atom is 0.326 e. The summed E-state index contributed by atoms with van der Waals surface area (Å²) in [7, 11) is 1.86. The van der Waals surface area contributed by atoms with Gasteiger partial charge in [-0.15, -0.1) is 0 Å². The van der Waals surface area contributed by atoms with Crippen molar-refractivity contribution in [2.24, 2.45) is 18.4 Å². The summed E-state index contributed by atoms with van der Waals surface area (Å²) < 4.78 is 1.75. The molecule has 4 heteroatoms. The summed E-state index contributed by atoms with van der Waals surface area (Å²) in [6.45, 7) is 2.41. The summed E-state index contributed by atoms with van der Waals surface area (Å²) in [5, 5.41) is 3.47. The molecule has 1 aromatic heterocycles. The van der Waals surface area contributed by atoms with E-state index in [2.05, 4.69) is 22.4 Å². The average Bonchev–Trinajstić information content (AvgIpc) is 2.79. The zero-order chi connectivity index (χ0) is 15.2. The molecule has 1 saturated carbocycles. The fourth-order valence-electron chi connectivity index (χ4n) is 4.68. The third-order valence-corrected chi connectivity index (χ3v) is 5.93. The molecule has 1 aliphatic heterocycles. The van der Waals surface area contributed by atoms with Gasteiger partial charge in [0.25, 0.3) is 0 Å². The van der Waals surface area contributed by atoms with Gasteiger partial charge < -0.3 is 10.3 Å². The van der Waals surface area contributed by atoms with Gasteiger partial charge in [0, 0.05) is 7.05 Å². The molecule has 0 bridgehead atoms. The summed E-state index contributed by atoms with van der Waals surface area (Å²) in [4.78, 5) is 14.7. The minimum atomic E-state index is -0.0141. The summed E-state index contributed by atoms with van der Waals surface area (Å²) in [6.07, 6.45) is 7.90. The summed E-state index contributed by atoms with van der Waals surface area (Å²) in [5.41, 5.74) is 4.02. The van der Waals surface area contributed by atoms with Gasteiger partial charge >= 0.3 is 5.69 Å². The highest BCUT2D eigenvalue weighted by Crippen LogP contribution is 2.53. The number of piperidine rings is 1. The Morgan fingerprint density at radius 2 is 2.05 bits per heavy atom. The second kappa shape index (κ2) is 5.27. The zero-order valence-corrected chi connectivity index (χ0v) is 13.3. The Balaban J connectivity index is 1.44. The van der Waals surface area contributed by atoms with Gasteiger partial charge in [-0.3, -0.25) is 4.57 Å². The molecular formula is C18H25N3O. The van der Waals surface area contributed by atoms with E-state index in [9.17, 15) is 4.79 Å². The number of nitrogens with one attached hydrogen (secondary N) is 2. The number of fused-ring (bicyclic) bond motifs is 1. The van der Waals surface area contributed by atoms with Crippen LogP contribution in [0.2, 0.25) is 0 Å². The Morgan fingerprint density at radius 1 is 1.27 bits per heavy atom. The van der Waals surface area contributed by atoms with Crippen LogP contribution < -0.4 is 11.0 Å². The van der Waals surface area contributed by atoms with Crippen molar-refractivity contribution in [3.63, 3.8) is 0 Å². The molecule has 4 rings (SSSR count). The molecule has 1 aliphatic carbocycles. The van der Waals surface area contributed by atoms with Crippen LogP contribution in [0.3, 0.4) is 0 Å². The van der Waals surface area contributed by atoms with Crippen LogP contribution in [0.15, 0.2) is 23.0 Å². The second-order valence-corrected chi connectivity index (χ2v) is 7.37. The van der Waals surface area contributed by atoms with E-state index in [-0.39, 0.29) is 5.69 Å². The lowest BCUT2D eigenvalue weighted by Crippen LogP contribution is -2.45. The van der Waals surface area contributed by atoms with Crippen LogP contribution in [0.5, 0.6) is 0 Å². The predicted octanol–water partition coefficient (Wildman–Crippen LogP) is 2.58. The molecule has 2 aliphatic rings. The van der Waals surface area contributed by atoms with E-state index in [0.29, 0.717) is 5.41 Å². The van der Waals surface area contributed by atoms with E-state index in [4.69, 9.17) is 0 Å². The summed E-state index contributed by atoms with van der Waals surface area (Å²) in [6, 6.07) is 6.23. The number of benzene rings is 1. The maximum absolute atomic E-state index is 11.8. The number of aryl methyl sites for hydroxylation is 2. The molecule has 2 N–H and O–H groups in total. The molecule has 1 aromatic carbocycles. The zero-order valence-electron chi connectivity index (χ0n) is 13.3. The number of hydrogen-bond acceptors (Lipinski definition) is 2. The SMILES string of the molecule is Cn1c(=O)[nH]c2cccc(CCC3CC4(CCNCC4)C3)c21. The lowest BCUT2D eigenvalue weighted by molar-refractivity contribution is 0.0177. The first-order valence-corrected chi connectivity index (χ1v) is 8.54. The monoisotopic (exact) mass is 299 g/mol. The minimum absolute atomic E-state index is 0.0141. The summed E-state index contributed by atoms with van der Waals surface area (Å²) in [5.74, 6) is 0.879. The third kappa shape index (κ3) is 2.30. The highest BCUT2D eigenvalue weighted by Gasteiger charge is 2.43. The Kier molecular flexibility index (Phi) is 3.37. The Hall–Kier alpha value is -1.55. The van der Waals surface area contributed by atoms with Gasteiger partial charge in [-0.25, -0.2) is 4.79 Å². The largest absolute Gasteiger partial charge is 0.326 e. The lowest BCUT2D eigenvalue weighted by Gasteiger charge is -2.50. The van der Waals surface area contributed by atoms with Crippen molar-refractivity contribution in [2.45, 2.75) is 38.5 Å². The molecule has 2 fully saturated rings. The van der Waals surface area contributed by atoms with Crippen molar-refractivity contribution in [1.29, 1.82) is 0 Å². The molecular weight excluding hydrogens is 274 g/mol. The van der Waals surface area contributed by atoms with Crippen molar-refractivity contribution in [3.05, 3.63) is 34.2 Å². The first-order chi connectivity index (χ1) is 10.7. The van der Waals surface area contributed by atoms with E-state index >= 15 is 0 Å². The van der Waals surface area contributed by atoms with Crippen LogP contribution in [0.1, 0.15) is 37.7 Å². The molecule has 4 nitrogen and oxygen atoms in total. The predicted molar refractivity (Wildman–Crippen MR) is 89.1 cm³/mol. The Morgan fingerprint density at radius 3 is 2.82 bits per heavy atom. The molecule has 0 amide bonds. The maximum atomic E-state index is 11.8. The first-order valence-electron chi connectivity index (χ1n) is 8.54. The van der Waals surface area contributed by atoms with E-state index < -0.39 is 0 Å². The lowest BCUT2D eigenvalue weighted by atomic mass is 9.57. The van der Waals surface area contributed by atoms with Crippen LogP contribution in [0.4, 0.5) is 0 Å². The molecule has 0 radical (unpaired) electrons. The van der Waals surface area contributed by atoms with Gasteiger partial charge in [-0.05, 0) is 74.6 Å². The number of imidazole rings is 1. The molecule has 1 saturated heterocycles. The number of nitrogens with zero attached hydrogens (tertiary/aromatic N) is 1. The first kappa shape index (κ1) is 14.1. The van der Waals surface area contributed by atoms with E-state index in [1.807, 2.05) is 13.1 Å². The Bertz CT molecular complexity index is 728. The normalized spacial score (nSPS) is 21.3. The van der Waals surface area contributed by atoms with Gasteiger partial charge in [0.05, 0.1) is 11.0 Å². The van der Waals surface area contributed by atoms with E-state index in [0.717, 1.165) is 23.4 Å². The molecule has 2 heterocycles. The van der Waals surface area contributed by atoms with Gasteiger partial charge in [-0.1, -0.05) is 12.1 Å². The van der Waals surface area contributed by atoms with Crippen LogP contribution in [0.25, 0.3) is 11.0 Å². The fourth-order valence-corrected chi connectivity index (χ4v) is 4.68. The van der Waals surface area contributed by atoms with Crippen molar-refractivity contribution in [3.8, 4) is 0 Å². The third-order valence-electron chi connectivity index (χ3n) is 5.93. The number of aromatic nitrogens is 2. The molecule has 2 aromatic rings. The molecule has 0 atom stereocenters. The second-order valence-electron chi connectivity index (χ2n) is 7.37. The minimum Gasteiger partial charge on any atom is -0.317 e. The van der Waals surface area contributed by atoms with Crippen molar-refractivity contribution >= 4 is 11.0 Å². The van der Waals surface area contributed by atoms with Crippen LogP contribution in [-0.4, -0.2) is 22.6 Å². The van der Waals surface area contributed by atoms with E-state index in [1.165, 1.54) is 50.8 Å². The smallest absolute Gasteiger partial charge is 0.317 e. The highest BCUT2D eigenvalue weighted by atomic mass is 16.1. The van der Waals surface area contributed by atoms with Crippen molar-refractivity contribution in [2.75, 3.05) is 13.1 Å². The van der Waals surface area contributed by atoms with Gasteiger partial charge in [0.1, 0.15) is 0 Å².